The standard InChI is InChI=1S/C19H20FNO3/c1-19(2)10-12-9-11(7-8-14(12)17(19)24-18(21)22)13-5-4-6-15(20)16(13)23-3/h4-9,17H,10H2,1-3H3,(H2,21,22). The molecule has 1 aliphatic rings. The van der Waals surface area contributed by atoms with Gasteiger partial charge in [0.2, 0.25) is 0 Å². The summed E-state index contributed by atoms with van der Waals surface area (Å²) in [5, 5.41) is 0. The van der Waals surface area contributed by atoms with Crippen LogP contribution in [-0.4, -0.2) is 13.2 Å². The van der Waals surface area contributed by atoms with Crippen molar-refractivity contribution in [2.75, 3.05) is 7.11 Å². The van der Waals surface area contributed by atoms with E-state index in [4.69, 9.17) is 15.2 Å². The highest BCUT2D eigenvalue weighted by molar-refractivity contribution is 5.72. The van der Waals surface area contributed by atoms with E-state index in [0.29, 0.717) is 5.56 Å². The van der Waals surface area contributed by atoms with Gasteiger partial charge in [-0.1, -0.05) is 44.2 Å². The molecule has 24 heavy (non-hydrogen) atoms. The molecule has 0 saturated heterocycles. The fourth-order valence-electron chi connectivity index (χ4n) is 3.47. The number of ether oxygens (including phenoxy) is 2. The number of halogens is 1. The third-order valence-electron chi connectivity index (χ3n) is 4.50. The average molecular weight is 329 g/mol. The second-order valence-corrected chi connectivity index (χ2v) is 6.72. The lowest BCUT2D eigenvalue weighted by Gasteiger charge is -2.26. The maximum Gasteiger partial charge on any atom is 0.405 e. The van der Waals surface area contributed by atoms with Crippen molar-refractivity contribution in [3.05, 3.63) is 53.3 Å². The van der Waals surface area contributed by atoms with E-state index in [1.807, 2.05) is 38.1 Å². The Hall–Kier alpha value is -2.56. The van der Waals surface area contributed by atoms with Gasteiger partial charge in [0, 0.05) is 11.0 Å². The lowest BCUT2D eigenvalue weighted by atomic mass is 9.87. The molecular formula is C19H20FNO3. The number of para-hydroxylation sites is 1. The van der Waals surface area contributed by atoms with E-state index in [9.17, 15) is 9.18 Å². The van der Waals surface area contributed by atoms with Crippen LogP contribution in [0.4, 0.5) is 9.18 Å². The molecule has 2 aromatic carbocycles. The molecule has 3 rings (SSSR count). The molecule has 0 fully saturated rings. The van der Waals surface area contributed by atoms with Crippen molar-refractivity contribution in [2.24, 2.45) is 11.1 Å². The molecule has 1 aliphatic carbocycles. The first-order chi connectivity index (χ1) is 11.3. The summed E-state index contributed by atoms with van der Waals surface area (Å²) in [5.74, 6) is -0.176. The van der Waals surface area contributed by atoms with Crippen molar-refractivity contribution in [1.82, 2.24) is 0 Å². The second kappa shape index (κ2) is 5.82. The summed E-state index contributed by atoms with van der Waals surface area (Å²) in [6.07, 6.45) is -0.420. The summed E-state index contributed by atoms with van der Waals surface area (Å²) in [5.41, 5.74) is 8.52. The van der Waals surface area contributed by atoms with Gasteiger partial charge >= 0.3 is 6.09 Å². The van der Waals surface area contributed by atoms with Crippen molar-refractivity contribution < 1.29 is 18.7 Å². The molecular weight excluding hydrogens is 309 g/mol. The molecule has 126 valence electrons. The molecule has 1 amide bonds. The molecule has 1 unspecified atom stereocenters. The number of carbonyl (C=O) groups is 1. The topological polar surface area (TPSA) is 61.6 Å². The summed E-state index contributed by atoms with van der Waals surface area (Å²) in [6, 6.07) is 10.6. The molecule has 0 bridgehead atoms. The Morgan fingerprint density at radius 3 is 2.71 bits per heavy atom. The minimum atomic E-state index is -0.781. The van der Waals surface area contributed by atoms with Crippen LogP contribution in [0.2, 0.25) is 0 Å². The molecule has 0 saturated carbocycles. The van der Waals surface area contributed by atoms with E-state index in [1.165, 1.54) is 13.2 Å². The summed E-state index contributed by atoms with van der Waals surface area (Å²) in [6.45, 7) is 4.06. The zero-order valence-corrected chi connectivity index (χ0v) is 13.9. The summed E-state index contributed by atoms with van der Waals surface area (Å²) < 4.78 is 24.5. The summed E-state index contributed by atoms with van der Waals surface area (Å²) >= 11 is 0. The maximum atomic E-state index is 13.9. The third-order valence-corrected chi connectivity index (χ3v) is 4.50. The largest absolute Gasteiger partial charge is 0.493 e. The van der Waals surface area contributed by atoms with Gasteiger partial charge in [-0.05, 0) is 29.2 Å². The zero-order chi connectivity index (χ0) is 17.5. The highest BCUT2D eigenvalue weighted by Gasteiger charge is 2.41. The number of hydrogen-bond acceptors (Lipinski definition) is 3. The molecule has 2 N–H and O–H groups in total. The molecule has 0 aliphatic heterocycles. The Balaban J connectivity index is 2.06. The Labute approximate surface area is 140 Å². The molecule has 0 radical (unpaired) electrons. The Morgan fingerprint density at radius 1 is 1.29 bits per heavy atom. The molecule has 0 aromatic heterocycles. The molecule has 0 spiro atoms. The Kier molecular flexibility index (Phi) is 3.95. The van der Waals surface area contributed by atoms with Crippen LogP contribution >= 0.6 is 0 Å². The monoisotopic (exact) mass is 329 g/mol. The fraction of sp³-hybridized carbons (Fsp3) is 0.316. The number of nitrogens with two attached hydrogens (primary N) is 1. The molecule has 4 nitrogen and oxygen atoms in total. The van der Waals surface area contributed by atoms with Crippen LogP contribution in [0.3, 0.4) is 0 Å². The van der Waals surface area contributed by atoms with Gasteiger partial charge in [-0.25, -0.2) is 9.18 Å². The van der Waals surface area contributed by atoms with Crippen LogP contribution < -0.4 is 10.5 Å². The number of primary amides is 1. The lowest BCUT2D eigenvalue weighted by molar-refractivity contribution is 0.0392. The maximum absolute atomic E-state index is 13.9. The van der Waals surface area contributed by atoms with Crippen molar-refractivity contribution in [3.63, 3.8) is 0 Å². The van der Waals surface area contributed by atoms with Crippen molar-refractivity contribution in [3.8, 4) is 16.9 Å². The third kappa shape index (κ3) is 2.70. The Morgan fingerprint density at radius 2 is 2.04 bits per heavy atom. The van der Waals surface area contributed by atoms with E-state index >= 15 is 0 Å². The van der Waals surface area contributed by atoms with E-state index in [2.05, 4.69) is 0 Å². The van der Waals surface area contributed by atoms with E-state index < -0.39 is 11.9 Å². The van der Waals surface area contributed by atoms with Crippen LogP contribution in [-0.2, 0) is 11.2 Å². The number of benzene rings is 2. The highest BCUT2D eigenvalue weighted by Crippen LogP contribution is 2.48. The van der Waals surface area contributed by atoms with Crippen molar-refractivity contribution in [2.45, 2.75) is 26.4 Å². The van der Waals surface area contributed by atoms with Crippen molar-refractivity contribution in [1.29, 1.82) is 0 Å². The van der Waals surface area contributed by atoms with Gasteiger partial charge in [0.1, 0.15) is 6.10 Å². The van der Waals surface area contributed by atoms with Gasteiger partial charge in [-0.3, -0.25) is 0 Å². The van der Waals surface area contributed by atoms with Gasteiger partial charge in [-0.15, -0.1) is 0 Å². The number of fused-ring (bicyclic) bond motifs is 1. The summed E-state index contributed by atoms with van der Waals surface area (Å²) in [7, 11) is 1.45. The van der Waals surface area contributed by atoms with Crippen molar-refractivity contribution >= 4 is 6.09 Å². The molecule has 1 atom stereocenters. The minimum Gasteiger partial charge on any atom is -0.493 e. The number of amides is 1. The zero-order valence-electron chi connectivity index (χ0n) is 13.9. The minimum absolute atomic E-state index is 0.222. The number of rotatable bonds is 3. The summed E-state index contributed by atoms with van der Waals surface area (Å²) in [4.78, 5) is 11.2. The first kappa shape index (κ1) is 16.3. The van der Waals surface area contributed by atoms with Crippen LogP contribution in [0, 0.1) is 11.2 Å². The van der Waals surface area contributed by atoms with Crippen LogP contribution in [0.25, 0.3) is 11.1 Å². The highest BCUT2D eigenvalue weighted by atomic mass is 19.1. The van der Waals surface area contributed by atoms with Crippen LogP contribution in [0.1, 0.15) is 31.1 Å². The van der Waals surface area contributed by atoms with Gasteiger partial charge in [-0.2, -0.15) is 0 Å². The van der Waals surface area contributed by atoms with E-state index in [0.717, 1.165) is 23.1 Å². The van der Waals surface area contributed by atoms with E-state index in [-0.39, 0.29) is 17.3 Å². The predicted molar refractivity (Wildman–Crippen MR) is 89.3 cm³/mol. The Bertz CT molecular complexity index is 801. The number of methoxy groups -OCH3 is 1. The van der Waals surface area contributed by atoms with Crippen LogP contribution in [0.5, 0.6) is 5.75 Å². The van der Waals surface area contributed by atoms with E-state index in [1.54, 1.807) is 6.07 Å². The number of carbonyl (C=O) groups excluding carboxylic acids is 1. The van der Waals surface area contributed by atoms with Crippen LogP contribution in [0.15, 0.2) is 36.4 Å². The van der Waals surface area contributed by atoms with Gasteiger partial charge in [0.05, 0.1) is 7.11 Å². The first-order valence-electron chi connectivity index (χ1n) is 7.75. The first-order valence-corrected chi connectivity index (χ1v) is 7.75. The lowest BCUT2D eigenvalue weighted by Crippen LogP contribution is -2.25. The van der Waals surface area contributed by atoms with Gasteiger partial charge in [0.25, 0.3) is 0 Å². The fourth-order valence-corrected chi connectivity index (χ4v) is 3.47. The normalized spacial score (nSPS) is 18.1. The smallest absolute Gasteiger partial charge is 0.405 e. The predicted octanol–water partition coefficient (Wildman–Crippen LogP) is 4.22. The number of hydrogen-bond donors (Lipinski definition) is 1. The average Bonchev–Trinajstić information content (AvgIpc) is 2.76. The van der Waals surface area contributed by atoms with Gasteiger partial charge < -0.3 is 15.2 Å². The quantitative estimate of drug-likeness (QED) is 0.917. The van der Waals surface area contributed by atoms with Gasteiger partial charge in [0.15, 0.2) is 11.6 Å². The molecule has 5 heteroatoms. The molecule has 0 heterocycles. The SMILES string of the molecule is COc1c(F)cccc1-c1ccc2c(c1)CC(C)(C)C2OC(N)=O. The second-order valence-electron chi connectivity index (χ2n) is 6.72. The molecule has 2 aromatic rings.